The number of hydrogen-bond acceptors (Lipinski definition) is 4. The zero-order chi connectivity index (χ0) is 14.7. The molecule has 3 rings (SSSR count). The van der Waals surface area contributed by atoms with Gasteiger partial charge in [-0.1, -0.05) is 24.3 Å². The van der Waals surface area contributed by atoms with Crippen LogP contribution in [-0.2, 0) is 16.4 Å². The zero-order valence-corrected chi connectivity index (χ0v) is 12.0. The van der Waals surface area contributed by atoms with Crippen LogP contribution in [0.5, 0.6) is 0 Å². The second kappa shape index (κ2) is 5.63. The van der Waals surface area contributed by atoms with Gasteiger partial charge in [0.1, 0.15) is 4.90 Å². The molecule has 0 aliphatic rings. The van der Waals surface area contributed by atoms with Crippen LogP contribution in [0.2, 0.25) is 0 Å². The quantitative estimate of drug-likeness (QED) is 0.747. The van der Waals surface area contributed by atoms with E-state index < -0.39 is 10.0 Å². The average molecular weight is 302 g/mol. The van der Waals surface area contributed by atoms with Gasteiger partial charge in [0, 0.05) is 24.3 Å². The van der Waals surface area contributed by atoms with Crippen molar-refractivity contribution in [3.8, 4) is 0 Å². The lowest BCUT2D eigenvalue weighted by Gasteiger charge is -2.07. The van der Waals surface area contributed by atoms with Crippen molar-refractivity contribution >= 4 is 20.9 Å². The summed E-state index contributed by atoms with van der Waals surface area (Å²) >= 11 is 0. The van der Waals surface area contributed by atoms with Crippen molar-refractivity contribution in [1.82, 2.24) is 19.9 Å². The Kier molecular flexibility index (Phi) is 3.68. The van der Waals surface area contributed by atoms with Crippen LogP contribution in [0.4, 0.5) is 0 Å². The Labute approximate surface area is 122 Å². The summed E-state index contributed by atoms with van der Waals surface area (Å²) in [6.07, 6.45) is 4.94. The van der Waals surface area contributed by atoms with Gasteiger partial charge in [-0.25, -0.2) is 13.1 Å². The molecular weight excluding hydrogens is 288 g/mol. The summed E-state index contributed by atoms with van der Waals surface area (Å²) in [7, 11) is -3.50. The molecule has 0 unspecified atom stereocenters. The molecule has 0 bridgehead atoms. The first kappa shape index (κ1) is 13.7. The van der Waals surface area contributed by atoms with Crippen molar-refractivity contribution in [1.29, 1.82) is 0 Å². The average Bonchev–Trinajstić information content (AvgIpc) is 3.02. The number of H-pyrrole nitrogens is 1. The number of aromatic amines is 1. The van der Waals surface area contributed by atoms with Gasteiger partial charge < -0.3 is 0 Å². The van der Waals surface area contributed by atoms with E-state index in [1.807, 2.05) is 30.3 Å². The normalized spacial score (nSPS) is 11.8. The summed E-state index contributed by atoms with van der Waals surface area (Å²) in [5, 5.41) is 7.18. The number of fused-ring (bicyclic) bond motifs is 1. The van der Waals surface area contributed by atoms with Crippen molar-refractivity contribution < 1.29 is 8.42 Å². The van der Waals surface area contributed by atoms with E-state index in [4.69, 9.17) is 0 Å². The Bertz CT molecular complexity index is 839. The number of rotatable bonds is 5. The standard InChI is InChI=1S/C14H14N4O2S/c19-21(20,13-9-16-17-10-13)18-8-6-12-4-1-3-11-5-2-7-15-14(11)12/h1-5,7,9-10,18H,6,8H2,(H,16,17). The molecule has 0 saturated heterocycles. The van der Waals surface area contributed by atoms with E-state index in [1.54, 1.807) is 6.20 Å². The van der Waals surface area contributed by atoms with Crippen LogP contribution >= 0.6 is 0 Å². The molecule has 0 amide bonds. The van der Waals surface area contributed by atoms with Crippen LogP contribution in [0.15, 0.2) is 53.8 Å². The number of pyridine rings is 1. The molecule has 7 heteroatoms. The van der Waals surface area contributed by atoms with Crippen molar-refractivity contribution in [2.24, 2.45) is 0 Å². The predicted octanol–water partition coefficient (Wildman–Crippen LogP) is 1.48. The van der Waals surface area contributed by atoms with E-state index >= 15 is 0 Å². The molecule has 1 aromatic carbocycles. The number of aromatic nitrogens is 3. The van der Waals surface area contributed by atoms with Crippen molar-refractivity contribution in [3.05, 3.63) is 54.5 Å². The van der Waals surface area contributed by atoms with Gasteiger partial charge in [-0.3, -0.25) is 10.1 Å². The highest BCUT2D eigenvalue weighted by molar-refractivity contribution is 7.89. The first-order valence-electron chi connectivity index (χ1n) is 6.48. The maximum Gasteiger partial charge on any atom is 0.243 e. The maximum atomic E-state index is 12.0. The zero-order valence-electron chi connectivity index (χ0n) is 11.2. The summed E-state index contributed by atoms with van der Waals surface area (Å²) in [4.78, 5) is 4.49. The molecule has 0 fully saturated rings. The molecule has 0 atom stereocenters. The Morgan fingerprint density at radius 2 is 2.05 bits per heavy atom. The second-order valence-electron chi connectivity index (χ2n) is 4.57. The summed E-state index contributed by atoms with van der Waals surface area (Å²) < 4.78 is 26.5. The van der Waals surface area contributed by atoms with Gasteiger partial charge in [-0.05, 0) is 18.1 Å². The smallest absolute Gasteiger partial charge is 0.243 e. The molecule has 2 N–H and O–H groups in total. The van der Waals surface area contributed by atoms with E-state index in [-0.39, 0.29) is 4.90 Å². The Morgan fingerprint density at radius 3 is 2.86 bits per heavy atom. The van der Waals surface area contributed by atoms with E-state index in [0.29, 0.717) is 13.0 Å². The minimum Gasteiger partial charge on any atom is -0.284 e. The minimum absolute atomic E-state index is 0.138. The van der Waals surface area contributed by atoms with Gasteiger partial charge in [0.05, 0.1) is 11.7 Å². The lowest BCUT2D eigenvalue weighted by molar-refractivity contribution is 0.582. The van der Waals surface area contributed by atoms with Crippen molar-refractivity contribution in [2.75, 3.05) is 6.54 Å². The number of para-hydroxylation sites is 1. The molecule has 2 aromatic heterocycles. The van der Waals surface area contributed by atoms with Crippen LogP contribution in [0, 0.1) is 0 Å². The SMILES string of the molecule is O=S(=O)(NCCc1cccc2cccnc12)c1cn[nH]c1. The fourth-order valence-electron chi connectivity index (χ4n) is 2.16. The first-order chi connectivity index (χ1) is 10.2. The number of nitrogens with one attached hydrogen (secondary N) is 2. The maximum absolute atomic E-state index is 12.0. The monoisotopic (exact) mass is 302 g/mol. The van der Waals surface area contributed by atoms with Gasteiger partial charge in [0.15, 0.2) is 0 Å². The molecule has 21 heavy (non-hydrogen) atoms. The molecule has 0 saturated carbocycles. The van der Waals surface area contributed by atoms with Crippen LogP contribution < -0.4 is 4.72 Å². The third-order valence-corrected chi connectivity index (χ3v) is 4.61. The third kappa shape index (κ3) is 2.93. The topological polar surface area (TPSA) is 87.7 Å². The summed E-state index contributed by atoms with van der Waals surface area (Å²) in [6, 6.07) is 9.77. The van der Waals surface area contributed by atoms with E-state index in [0.717, 1.165) is 16.5 Å². The molecule has 0 radical (unpaired) electrons. The van der Waals surface area contributed by atoms with Gasteiger partial charge >= 0.3 is 0 Å². The highest BCUT2D eigenvalue weighted by atomic mass is 32.2. The number of sulfonamides is 1. The predicted molar refractivity (Wildman–Crippen MR) is 79.2 cm³/mol. The highest BCUT2D eigenvalue weighted by Crippen LogP contribution is 2.16. The number of hydrogen-bond donors (Lipinski definition) is 2. The molecule has 0 aliphatic carbocycles. The van der Waals surface area contributed by atoms with Gasteiger partial charge in [-0.2, -0.15) is 5.10 Å². The molecule has 108 valence electrons. The molecular formula is C14H14N4O2S. The van der Waals surface area contributed by atoms with Gasteiger partial charge in [0.25, 0.3) is 0 Å². The lowest BCUT2D eigenvalue weighted by atomic mass is 10.1. The first-order valence-corrected chi connectivity index (χ1v) is 7.96. The number of benzene rings is 1. The molecule has 0 spiro atoms. The Morgan fingerprint density at radius 1 is 1.19 bits per heavy atom. The van der Waals surface area contributed by atoms with Crippen LogP contribution in [0.3, 0.4) is 0 Å². The lowest BCUT2D eigenvalue weighted by Crippen LogP contribution is -2.25. The van der Waals surface area contributed by atoms with Gasteiger partial charge in [-0.15, -0.1) is 0 Å². The van der Waals surface area contributed by atoms with E-state index in [2.05, 4.69) is 19.9 Å². The summed E-state index contributed by atoms with van der Waals surface area (Å²) in [5.41, 5.74) is 1.92. The van der Waals surface area contributed by atoms with Crippen LogP contribution in [0.25, 0.3) is 10.9 Å². The Balaban J connectivity index is 1.73. The van der Waals surface area contributed by atoms with Crippen LogP contribution in [-0.4, -0.2) is 30.1 Å². The van der Waals surface area contributed by atoms with E-state index in [9.17, 15) is 8.42 Å². The van der Waals surface area contributed by atoms with Crippen molar-refractivity contribution in [3.63, 3.8) is 0 Å². The summed E-state index contributed by atoms with van der Waals surface area (Å²) in [6.45, 7) is 0.309. The second-order valence-corrected chi connectivity index (χ2v) is 6.34. The largest absolute Gasteiger partial charge is 0.284 e. The minimum atomic E-state index is -3.50. The molecule has 6 nitrogen and oxygen atoms in total. The van der Waals surface area contributed by atoms with Gasteiger partial charge in [0.2, 0.25) is 10.0 Å². The fourth-order valence-corrected chi connectivity index (χ4v) is 3.10. The molecule has 0 aliphatic heterocycles. The number of nitrogens with zero attached hydrogens (tertiary/aromatic N) is 2. The third-order valence-electron chi connectivity index (χ3n) is 3.19. The fraction of sp³-hybridized carbons (Fsp3) is 0.143. The molecule has 2 heterocycles. The van der Waals surface area contributed by atoms with Crippen LogP contribution in [0.1, 0.15) is 5.56 Å². The highest BCUT2D eigenvalue weighted by Gasteiger charge is 2.14. The summed E-state index contributed by atoms with van der Waals surface area (Å²) in [5.74, 6) is 0. The molecule has 3 aromatic rings. The van der Waals surface area contributed by atoms with E-state index in [1.165, 1.54) is 12.4 Å². The van der Waals surface area contributed by atoms with Crippen molar-refractivity contribution in [2.45, 2.75) is 11.3 Å². The Hall–Kier alpha value is -2.25.